The van der Waals surface area contributed by atoms with Gasteiger partial charge in [0.15, 0.2) is 0 Å². The Morgan fingerprint density at radius 2 is 2.45 bits per heavy atom. The number of aliphatic hydroxyl groups is 1. The summed E-state index contributed by atoms with van der Waals surface area (Å²) in [7, 11) is 1.82. The number of rotatable bonds is 3. The highest BCUT2D eigenvalue weighted by atomic mass is 16.5. The summed E-state index contributed by atoms with van der Waals surface area (Å²) in [6, 6.07) is 0.0550. The lowest BCUT2D eigenvalue weighted by molar-refractivity contribution is 0.0955. The molecule has 0 aliphatic carbocycles. The van der Waals surface area contributed by atoms with E-state index in [4.69, 9.17) is 4.74 Å². The monoisotopic (exact) mass is 157 g/mol. The maximum atomic E-state index is 9.56. The smallest absolute Gasteiger partial charge is 0.126 e. The highest BCUT2D eigenvalue weighted by Gasteiger charge is 2.20. The molecule has 2 N–H and O–H groups in total. The van der Waals surface area contributed by atoms with E-state index in [1.807, 2.05) is 20.0 Å². The largest absolute Gasteiger partial charge is 0.495 e. The third-order valence-electron chi connectivity index (χ3n) is 1.95. The lowest BCUT2D eigenvalue weighted by atomic mass is 10.1. The van der Waals surface area contributed by atoms with Gasteiger partial charge < -0.3 is 15.2 Å². The van der Waals surface area contributed by atoms with Gasteiger partial charge in [-0.2, -0.15) is 0 Å². The van der Waals surface area contributed by atoms with Crippen LogP contribution in [-0.2, 0) is 4.74 Å². The van der Waals surface area contributed by atoms with Crippen LogP contribution in [0.3, 0.4) is 0 Å². The van der Waals surface area contributed by atoms with Crippen molar-refractivity contribution in [3.63, 3.8) is 0 Å². The Balaban J connectivity index is 2.45. The molecule has 1 aliphatic rings. The second-order valence-electron chi connectivity index (χ2n) is 2.77. The molecule has 0 fully saturated rings. The topological polar surface area (TPSA) is 41.5 Å². The van der Waals surface area contributed by atoms with Gasteiger partial charge in [-0.1, -0.05) is 0 Å². The fraction of sp³-hybridized carbons (Fsp3) is 0.750. The molecule has 0 aromatic rings. The lowest BCUT2D eigenvalue weighted by Crippen LogP contribution is -2.36. The van der Waals surface area contributed by atoms with Crippen LogP contribution in [0.2, 0.25) is 0 Å². The standard InChI is InChI=1S/C8H15NO2/c1-6(9-2)8(10)7-4-3-5-11-7/h4,6,8-10H,3,5H2,1-2H3/t6-,8?/m0/s1. The van der Waals surface area contributed by atoms with Crippen molar-refractivity contribution in [2.75, 3.05) is 13.7 Å². The van der Waals surface area contributed by atoms with E-state index in [9.17, 15) is 5.11 Å². The van der Waals surface area contributed by atoms with Gasteiger partial charge in [0.1, 0.15) is 11.9 Å². The van der Waals surface area contributed by atoms with Gasteiger partial charge in [0, 0.05) is 12.5 Å². The molecular formula is C8H15NO2. The van der Waals surface area contributed by atoms with Crippen molar-refractivity contribution in [3.8, 4) is 0 Å². The molecule has 0 saturated heterocycles. The highest BCUT2D eigenvalue weighted by Crippen LogP contribution is 2.15. The fourth-order valence-electron chi connectivity index (χ4n) is 1.05. The third kappa shape index (κ3) is 1.94. The number of hydrogen-bond acceptors (Lipinski definition) is 3. The van der Waals surface area contributed by atoms with Gasteiger partial charge in [-0.15, -0.1) is 0 Å². The maximum Gasteiger partial charge on any atom is 0.126 e. The number of aliphatic hydroxyl groups excluding tert-OH is 1. The van der Waals surface area contributed by atoms with Crippen LogP contribution >= 0.6 is 0 Å². The van der Waals surface area contributed by atoms with Crippen LogP contribution in [0.4, 0.5) is 0 Å². The zero-order valence-corrected chi connectivity index (χ0v) is 7.00. The van der Waals surface area contributed by atoms with Gasteiger partial charge in [-0.3, -0.25) is 0 Å². The number of hydrogen-bond donors (Lipinski definition) is 2. The first-order valence-electron chi connectivity index (χ1n) is 3.94. The summed E-state index contributed by atoms with van der Waals surface area (Å²) in [6.45, 7) is 2.63. The van der Waals surface area contributed by atoms with Gasteiger partial charge in [0.2, 0.25) is 0 Å². The molecule has 0 amide bonds. The van der Waals surface area contributed by atoms with Gasteiger partial charge >= 0.3 is 0 Å². The average Bonchev–Trinajstić information content (AvgIpc) is 2.53. The van der Waals surface area contributed by atoms with E-state index in [1.54, 1.807) is 0 Å². The second-order valence-corrected chi connectivity index (χ2v) is 2.77. The zero-order chi connectivity index (χ0) is 8.27. The molecule has 0 aromatic carbocycles. The van der Waals surface area contributed by atoms with Crippen molar-refractivity contribution >= 4 is 0 Å². The molecule has 3 nitrogen and oxygen atoms in total. The molecule has 0 spiro atoms. The van der Waals surface area contributed by atoms with E-state index >= 15 is 0 Å². The zero-order valence-electron chi connectivity index (χ0n) is 7.00. The maximum absolute atomic E-state index is 9.56. The first kappa shape index (κ1) is 8.56. The molecule has 1 aliphatic heterocycles. The van der Waals surface area contributed by atoms with Gasteiger partial charge in [-0.05, 0) is 20.0 Å². The normalized spacial score (nSPS) is 22.3. The minimum atomic E-state index is -0.498. The Labute approximate surface area is 67.1 Å². The van der Waals surface area contributed by atoms with Crippen molar-refractivity contribution in [3.05, 3.63) is 11.8 Å². The summed E-state index contributed by atoms with van der Waals surface area (Å²) in [5.74, 6) is 0.715. The molecule has 64 valence electrons. The minimum absolute atomic E-state index is 0.0550. The van der Waals surface area contributed by atoms with E-state index in [0.717, 1.165) is 6.42 Å². The predicted molar refractivity (Wildman–Crippen MR) is 43.2 cm³/mol. The minimum Gasteiger partial charge on any atom is -0.495 e. The average molecular weight is 157 g/mol. The Kier molecular flexibility index (Phi) is 2.91. The first-order valence-corrected chi connectivity index (χ1v) is 3.94. The summed E-state index contributed by atoms with van der Waals surface area (Å²) >= 11 is 0. The summed E-state index contributed by atoms with van der Waals surface area (Å²) in [6.07, 6.45) is 2.36. The number of ether oxygens (including phenoxy) is 1. The predicted octanol–water partition coefficient (Wildman–Crippen LogP) is 0.259. The molecular weight excluding hydrogens is 142 g/mol. The molecule has 0 bridgehead atoms. The molecule has 0 saturated carbocycles. The van der Waals surface area contributed by atoms with Crippen LogP contribution in [0.25, 0.3) is 0 Å². The Bertz CT molecular complexity index is 156. The molecule has 0 aromatic heterocycles. The molecule has 1 heterocycles. The van der Waals surface area contributed by atoms with Crippen LogP contribution in [0.1, 0.15) is 13.3 Å². The van der Waals surface area contributed by atoms with E-state index in [2.05, 4.69) is 5.32 Å². The summed E-state index contributed by atoms with van der Waals surface area (Å²) < 4.78 is 5.21. The van der Waals surface area contributed by atoms with E-state index < -0.39 is 6.10 Å². The van der Waals surface area contributed by atoms with E-state index in [-0.39, 0.29) is 6.04 Å². The number of likely N-dealkylation sites (N-methyl/N-ethyl adjacent to an activating group) is 1. The molecule has 0 radical (unpaired) electrons. The van der Waals surface area contributed by atoms with Crippen LogP contribution in [0.5, 0.6) is 0 Å². The molecule has 1 unspecified atom stereocenters. The SMILES string of the molecule is CN[C@@H](C)C(O)C1=CCCO1. The number of nitrogens with one attached hydrogen (secondary N) is 1. The highest BCUT2D eigenvalue weighted by molar-refractivity contribution is 5.06. The van der Waals surface area contributed by atoms with Crippen molar-refractivity contribution in [2.45, 2.75) is 25.5 Å². The van der Waals surface area contributed by atoms with Crippen molar-refractivity contribution in [1.82, 2.24) is 5.32 Å². The third-order valence-corrected chi connectivity index (χ3v) is 1.95. The van der Waals surface area contributed by atoms with Crippen LogP contribution < -0.4 is 5.32 Å². The molecule has 11 heavy (non-hydrogen) atoms. The fourth-order valence-corrected chi connectivity index (χ4v) is 1.05. The van der Waals surface area contributed by atoms with E-state index in [0.29, 0.717) is 12.4 Å². The summed E-state index contributed by atoms with van der Waals surface area (Å²) in [5, 5.41) is 12.5. The lowest BCUT2D eigenvalue weighted by Gasteiger charge is -2.18. The molecule has 3 heteroatoms. The molecule has 1 rings (SSSR count). The van der Waals surface area contributed by atoms with Crippen LogP contribution in [0.15, 0.2) is 11.8 Å². The van der Waals surface area contributed by atoms with Crippen molar-refractivity contribution < 1.29 is 9.84 Å². The molecule has 2 atom stereocenters. The van der Waals surface area contributed by atoms with Gasteiger partial charge in [0.05, 0.1) is 6.61 Å². The van der Waals surface area contributed by atoms with Crippen LogP contribution in [-0.4, -0.2) is 30.9 Å². The Morgan fingerprint density at radius 1 is 1.73 bits per heavy atom. The van der Waals surface area contributed by atoms with Gasteiger partial charge in [0.25, 0.3) is 0 Å². The van der Waals surface area contributed by atoms with Gasteiger partial charge in [-0.25, -0.2) is 0 Å². The Hall–Kier alpha value is -0.540. The first-order chi connectivity index (χ1) is 5.25. The van der Waals surface area contributed by atoms with Crippen molar-refractivity contribution in [2.24, 2.45) is 0 Å². The summed E-state index contributed by atoms with van der Waals surface area (Å²) in [4.78, 5) is 0. The second kappa shape index (κ2) is 3.74. The van der Waals surface area contributed by atoms with E-state index in [1.165, 1.54) is 0 Å². The van der Waals surface area contributed by atoms with Crippen molar-refractivity contribution in [1.29, 1.82) is 0 Å². The summed E-state index contributed by atoms with van der Waals surface area (Å²) in [5.41, 5.74) is 0. The van der Waals surface area contributed by atoms with Crippen LogP contribution in [0, 0.1) is 0 Å². The quantitative estimate of drug-likeness (QED) is 0.617. The Morgan fingerprint density at radius 3 is 2.91 bits per heavy atom.